The summed E-state index contributed by atoms with van der Waals surface area (Å²) in [5.41, 5.74) is -7.84. The summed E-state index contributed by atoms with van der Waals surface area (Å²) in [6.07, 6.45) is -17.3. The number of ether oxygens (including phenoxy) is 20. The quantitative estimate of drug-likeness (QED) is 0.0990. The van der Waals surface area contributed by atoms with Crippen molar-refractivity contribution in [2.24, 2.45) is 47.3 Å². The molecule has 1 N–H and O–H groups in total. The Morgan fingerprint density at radius 1 is 0.465 bits per heavy atom. The van der Waals surface area contributed by atoms with E-state index in [0.717, 1.165) is 0 Å². The first kappa shape index (κ1) is 96.0. The number of methoxy groups -OCH3 is 4. The van der Waals surface area contributed by atoms with Crippen LogP contribution in [0.3, 0.4) is 0 Å². The second kappa shape index (κ2) is 38.5. The molecule has 8 saturated heterocycles. The summed E-state index contributed by atoms with van der Waals surface area (Å²) < 4.78 is 124. The fourth-order valence-electron chi connectivity index (χ4n) is 18.9. The van der Waals surface area contributed by atoms with Crippen molar-refractivity contribution in [1.82, 2.24) is 9.80 Å². The molecule has 0 spiro atoms. The molecule has 35 atom stereocenters. The molecule has 0 amide bonds. The van der Waals surface area contributed by atoms with Crippen LogP contribution in [-0.2, 0) is 128 Å². The third kappa shape index (κ3) is 20.6. The third-order valence-electron chi connectivity index (χ3n) is 25.8. The minimum Gasteiger partial charge on any atom is -0.458 e. The zero-order valence-electron chi connectivity index (χ0n) is 73.1. The van der Waals surface area contributed by atoms with Gasteiger partial charge in [0.1, 0.15) is 41.6 Å². The molecule has 0 aromatic carbocycles. The summed E-state index contributed by atoms with van der Waals surface area (Å²) in [7, 11) is 13.5. The number of carbonyl (C=O) groups excluding carboxylic acids is 9. The third-order valence-corrected chi connectivity index (χ3v) is 25.8. The van der Waals surface area contributed by atoms with Gasteiger partial charge in [0.05, 0.1) is 95.3 Å². The van der Waals surface area contributed by atoms with Crippen LogP contribution in [0.5, 0.6) is 0 Å². The summed E-state index contributed by atoms with van der Waals surface area (Å²) in [4.78, 5) is 125. The number of hydrogen-bond acceptors (Lipinski definition) is 32. The molecule has 8 heterocycles. The Morgan fingerprint density at radius 2 is 0.833 bits per heavy atom. The largest absolute Gasteiger partial charge is 0.509 e. The van der Waals surface area contributed by atoms with Crippen LogP contribution in [0.2, 0.25) is 0 Å². The number of nitrogens with zero attached hydrogens (tertiary/aromatic N) is 2. The van der Waals surface area contributed by atoms with Crippen LogP contribution in [0.1, 0.15) is 204 Å². The molecule has 8 rings (SSSR count). The highest BCUT2D eigenvalue weighted by atomic mass is 16.8. The van der Waals surface area contributed by atoms with Gasteiger partial charge in [0, 0.05) is 78.8 Å². The average molecular weight is 1630 g/mol. The van der Waals surface area contributed by atoms with Crippen LogP contribution in [0, 0.1) is 47.3 Å². The molecule has 0 unspecified atom stereocenters. The van der Waals surface area contributed by atoms with Gasteiger partial charge in [-0.2, -0.15) is 0 Å². The minimum absolute atomic E-state index is 0.0150. The highest BCUT2D eigenvalue weighted by molar-refractivity contribution is 5.91. The molecule has 0 aromatic rings. The zero-order valence-corrected chi connectivity index (χ0v) is 73.1. The van der Waals surface area contributed by atoms with Crippen molar-refractivity contribution in [1.29, 1.82) is 0 Å². The maximum atomic E-state index is 14.5. The Balaban J connectivity index is 0.000000316. The first-order valence-electron chi connectivity index (χ1n) is 40.5. The standard InChI is InChI=1S/C41H69NO15.C41H67NO15/c2*1-16-28-41(11)35(56-38(47)57-41)22(4)30(44)20(2)18-40(10,49-15)34(55-37-32(52-26(8)43)27(42(12)13)17-21(3)50-37)23(5)31(24(6)36(46)53-28)54-29-19-39(9,48-14)33(45)25(7)51-29/h20-25,27-29,31-35,37,45H,16-19H2,1-15H3;20-25,27-29,31-32,34-35,37H,16-19H2,1-15H3/t20-,21-,22+,23+,24-,25+,27+,28-,29+,31+,32-,33+,34-,35-,37+,39-,40+,41-;20-,21-,22+,23+,24-,25+,27+,28-,29+,31+,32-,34-,35-,37+,39-,40+,41-/m11/s1. The lowest BCUT2D eigenvalue weighted by atomic mass is 9.73. The lowest BCUT2D eigenvalue weighted by Crippen LogP contribution is -2.62. The van der Waals surface area contributed by atoms with Crippen LogP contribution >= 0.6 is 0 Å². The number of likely N-dealkylation sites (N-methyl/N-ethyl adjacent to an activating group) is 2. The summed E-state index contributed by atoms with van der Waals surface area (Å²) in [6, 6.07) is -0.565. The van der Waals surface area contributed by atoms with E-state index in [1.807, 2.05) is 72.6 Å². The number of cyclic esters (lactones) is 2. The normalized spacial score (nSPS) is 45.7. The van der Waals surface area contributed by atoms with Gasteiger partial charge >= 0.3 is 36.2 Å². The Morgan fingerprint density at radius 3 is 1.17 bits per heavy atom. The summed E-state index contributed by atoms with van der Waals surface area (Å²) in [5.74, 6) is -9.74. The molecule has 0 bridgehead atoms. The fourth-order valence-corrected chi connectivity index (χ4v) is 18.9. The van der Waals surface area contributed by atoms with E-state index in [4.69, 9.17) is 94.7 Å². The van der Waals surface area contributed by atoms with Crippen molar-refractivity contribution in [3.05, 3.63) is 0 Å². The molecule has 32 heteroatoms. The van der Waals surface area contributed by atoms with Crippen LogP contribution in [-0.4, -0.2) is 287 Å². The SMILES string of the molecule is CC[C@H]1OC(=O)[C@H](C)[C@@H](O[C@H]2C[C@@](C)(OC)C(=O)[C@H](C)O2)[C@H](C)[C@@H](O[C@@H]2O[C@H](C)C[C@H](N(C)C)[C@H]2OC(C)=O)[C@@](C)(OC)C[C@@H](C)C(=O)[C@H](C)[C@H]2OC(=O)O[C@@]21C.CC[C@H]1OC(=O)[C@H](C)[C@@H](O[C@H]2C[C@@](C)(OC)[C@@H](O)[C@H](C)O2)[C@H](C)[C@@H](O[C@@H]2O[C@H](C)C[C@H](N(C)C)[C@H]2OC(C)=O)[C@@](C)(OC)C[C@@H](C)C(=O)[C@H](C)[C@H]2OC(=O)O[C@@]21C. The first-order chi connectivity index (χ1) is 52.9. The Labute approximate surface area is 673 Å². The van der Waals surface area contributed by atoms with Gasteiger partial charge in [-0.1, -0.05) is 55.4 Å². The van der Waals surface area contributed by atoms with Gasteiger partial charge in [-0.05, 0) is 150 Å². The molecule has 0 aromatic heterocycles. The van der Waals surface area contributed by atoms with E-state index in [1.165, 1.54) is 42.3 Å². The number of Topliss-reactive ketones (excluding diaryl/α,β-unsaturated/α-hetero) is 3. The number of esters is 4. The molecule has 0 radical (unpaired) electrons. The van der Waals surface area contributed by atoms with Crippen LogP contribution in [0.25, 0.3) is 0 Å². The van der Waals surface area contributed by atoms with Crippen molar-refractivity contribution in [2.45, 2.75) is 366 Å². The predicted octanol–water partition coefficient (Wildman–Crippen LogP) is 8.59. The summed E-state index contributed by atoms with van der Waals surface area (Å²) in [5, 5.41) is 11.0. The molecule has 8 aliphatic heterocycles. The van der Waals surface area contributed by atoms with E-state index in [9.17, 15) is 48.3 Å². The predicted molar refractivity (Wildman–Crippen MR) is 406 cm³/mol. The van der Waals surface area contributed by atoms with Crippen molar-refractivity contribution in [3.8, 4) is 0 Å². The van der Waals surface area contributed by atoms with Gasteiger partial charge < -0.3 is 110 Å². The number of ketones is 3. The van der Waals surface area contributed by atoms with Gasteiger partial charge in [-0.15, -0.1) is 0 Å². The van der Waals surface area contributed by atoms with Crippen molar-refractivity contribution in [2.75, 3.05) is 56.6 Å². The smallest absolute Gasteiger partial charge is 0.458 e. The Bertz CT molecular complexity index is 3330. The molecule has 0 saturated carbocycles. The molecule has 32 nitrogen and oxygen atoms in total. The lowest BCUT2D eigenvalue weighted by molar-refractivity contribution is -0.320. The van der Waals surface area contributed by atoms with Gasteiger partial charge in [-0.3, -0.25) is 33.6 Å². The molecule has 0 aliphatic carbocycles. The van der Waals surface area contributed by atoms with Crippen molar-refractivity contribution < 1.29 is 143 Å². The zero-order chi connectivity index (χ0) is 85.9. The van der Waals surface area contributed by atoms with Crippen molar-refractivity contribution in [3.63, 3.8) is 0 Å². The second-order valence-electron chi connectivity index (χ2n) is 35.0. The Hall–Kier alpha value is -5.17. The van der Waals surface area contributed by atoms with Gasteiger partial charge in [0.2, 0.25) is 0 Å². The number of aliphatic hydroxyl groups excluding tert-OH is 1. The van der Waals surface area contributed by atoms with E-state index in [2.05, 4.69) is 0 Å². The molecular weight excluding hydrogens is 1490 g/mol. The van der Waals surface area contributed by atoms with Crippen molar-refractivity contribution >= 4 is 53.5 Å². The number of carbonyl (C=O) groups is 9. The molecule has 114 heavy (non-hydrogen) atoms. The lowest BCUT2D eigenvalue weighted by Gasteiger charge is -2.50. The van der Waals surface area contributed by atoms with Gasteiger partial charge in [0.15, 0.2) is 66.6 Å². The molecular formula is C82H136N2O30. The van der Waals surface area contributed by atoms with Crippen LogP contribution in [0.4, 0.5) is 9.59 Å². The van der Waals surface area contributed by atoms with Crippen LogP contribution < -0.4 is 0 Å². The highest BCUT2D eigenvalue weighted by Crippen LogP contribution is 2.48. The summed E-state index contributed by atoms with van der Waals surface area (Å²) >= 11 is 0. The first-order valence-corrected chi connectivity index (χ1v) is 40.5. The van der Waals surface area contributed by atoms with Crippen LogP contribution in [0.15, 0.2) is 0 Å². The highest BCUT2D eigenvalue weighted by Gasteiger charge is 2.63. The van der Waals surface area contributed by atoms with E-state index >= 15 is 0 Å². The van der Waals surface area contributed by atoms with E-state index in [0.29, 0.717) is 12.8 Å². The molecule has 8 aliphatic rings. The van der Waals surface area contributed by atoms with E-state index in [1.54, 1.807) is 104 Å². The van der Waals surface area contributed by atoms with Gasteiger partial charge in [-0.25, -0.2) is 9.59 Å². The Kier molecular flexibility index (Phi) is 32.4. The monoisotopic (exact) mass is 1630 g/mol. The fraction of sp³-hybridized carbons (Fsp3) is 0.890. The molecule has 8 fully saturated rings. The number of hydrogen-bond donors (Lipinski definition) is 1. The maximum Gasteiger partial charge on any atom is 0.509 e. The maximum absolute atomic E-state index is 14.5. The van der Waals surface area contributed by atoms with E-state index < -0.39 is 222 Å². The van der Waals surface area contributed by atoms with E-state index in [-0.39, 0.29) is 80.2 Å². The topological polar surface area (TPSA) is 365 Å². The average Bonchev–Trinajstić information content (AvgIpc) is 1.06. The molecule has 654 valence electrons. The number of aliphatic hydroxyl groups is 1. The number of rotatable bonds is 18. The second-order valence-corrected chi connectivity index (χ2v) is 35.0. The number of fused-ring (bicyclic) bond motifs is 2. The van der Waals surface area contributed by atoms with Gasteiger partial charge in [0.25, 0.3) is 0 Å². The summed E-state index contributed by atoms with van der Waals surface area (Å²) in [6.45, 7) is 37.6. The minimum atomic E-state index is -1.50.